The van der Waals surface area contributed by atoms with E-state index in [1.165, 1.54) is 12.6 Å². The lowest BCUT2D eigenvalue weighted by molar-refractivity contribution is 0.0634. The van der Waals surface area contributed by atoms with Crippen LogP contribution in [0.3, 0.4) is 0 Å². The summed E-state index contributed by atoms with van der Waals surface area (Å²) in [5, 5.41) is 7.35. The fourth-order valence-electron chi connectivity index (χ4n) is 4.57. The van der Waals surface area contributed by atoms with Crippen molar-refractivity contribution in [2.45, 2.75) is 37.4 Å². The van der Waals surface area contributed by atoms with Crippen molar-refractivity contribution in [1.29, 1.82) is 0 Å². The van der Waals surface area contributed by atoms with E-state index in [1.54, 1.807) is 17.0 Å². The van der Waals surface area contributed by atoms with Gasteiger partial charge in [0, 0.05) is 49.7 Å². The molecule has 0 radical (unpaired) electrons. The lowest BCUT2D eigenvalue weighted by atomic mass is 9.95. The predicted molar refractivity (Wildman–Crippen MR) is 103 cm³/mol. The molecule has 2 N–H and O–H groups in total. The average Bonchev–Trinajstić information content (AvgIpc) is 3.42. The van der Waals surface area contributed by atoms with Gasteiger partial charge in [-0.1, -0.05) is 0 Å². The maximum absolute atomic E-state index is 12.7. The Kier molecular flexibility index (Phi) is 4.32. The summed E-state index contributed by atoms with van der Waals surface area (Å²) in [6, 6.07) is 4.49. The number of pyridine rings is 1. The van der Waals surface area contributed by atoms with E-state index in [1.807, 2.05) is 7.05 Å². The minimum Gasteiger partial charge on any atom is -0.449 e. The summed E-state index contributed by atoms with van der Waals surface area (Å²) in [5.41, 5.74) is 0.880. The molecular formula is C20H25N5O3. The zero-order chi connectivity index (χ0) is 19.3. The van der Waals surface area contributed by atoms with Crippen LogP contribution in [0.15, 0.2) is 22.7 Å². The maximum atomic E-state index is 12.7. The van der Waals surface area contributed by atoms with Gasteiger partial charge in [0.15, 0.2) is 11.3 Å². The van der Waals surface area contributed by atoms with Crippen LogP contribution in [0.1, 0.15) is 40.3 Å². The number of fused-ring (bicyclic) bond motifs is 3. The number of carbonyl (C=O) groups excluding carboxylic acids is 2. The smallest absolute Gasteiger partial charge is 0.289 e. The molecule has 0 aromatic carbocycles. The highest BCUT2D eigenvalue weighted by Crippen LogP contribution is 2.28. The number of carbonyl (C=O) groups is 2. The van der Waals surface area contributed by atoms with Crippen LogP contribution in [0.25, 0.3) is 11.0 Å². The Balaban J connectivity index is 1.31. The Labute approximate surface area is 163 Å². The molecule has 3 fully saturated rings. The summed E-state index contributed by atoms with van der Waals surface area (Å²) in [4.78, 5) is 33.6. The van der Waals surface area contributed by atoms with E-state index >= 15 is 0 Å². The second-order valence-electron chi connectivity index (χ2n) is 8.18. The number of amides is 2. The van der Waals surface area contributed by atoms with Crippen LogP contribution in [0, 0.1) is 0 Å². The third-order valence-corrected chi connectivity index (χ3v) is 6.25. The van der Waals surface area contributed by atoms with Crippen molar-refractivity contribution in [3.8, 4) is 0 Å². The average molecular weight is 383 g/mol. The number of likely N-dealkylation sites (N-methyl/N-ethyl adjacent to an activating group) is 1. The fraction of sp³-hybridized carbons (Fsp3) is 0.550. The lowest BCUT2D eigenvalue weighted by Gasteiger charge is -2.31. The Hall–Kier alpha value is -2.45. The van der Waals surface area contributed by atoms with Crippen molar-refractivity contribution in [3.63, 3.8) is 0 Å². The second kappa shape index (κ2) is 6.86. The molecule has 148 valence electrons. The normalized spacial score (nSPS) is 27.5. The first-order valence-corrected chi connectivity index (χ1v) is 10.0. The lowest BCUT2D eigenvalue weighted by Crippen LogP contribution is -2.47. The number of hydrogen-bond acceptors (Lipinski definition) is 6. The van der Waals surface area contributed by atoms with Crippen molar-refractivity contribution in [3.05, 3.63) is 29.8 Å². The summed E-state index contributed by atoms with van der Waals surface area (Å²) < 4.78 is 5.71. The van der Waals surface area contributed by atoms with Crippen molar-refractivity contribution >= 4 is 22.8 Å². The summed E-state index contributed by atoms with van der Waals surface area (Å²) in [5.74, 6) is 0.0222. The van der Waals surface area contributed by atoms with Crippen molar-refractivity contribution in [2.24, 2.45) is 0 Å². The monoisotopic (exact) mass is 383 g/mol. The quantitative estimate of drug-likeness (QED) is 0.816. The van der Waals surface area contributed by atoms with Crippen molar-refractivity contribution in [2.75, 3.05) is 33.2 Å². The van der Waals surface area contributed by atoms with Gasteiger partial charge in [0.2, 0.25) is 0 Å². The van der Waals surface area contributed by atoms with Gasteiger partial charge in [-0.25, -0.2) is 4.98 Å². The van der Waals surface area contributed by atoms with E-state index in [0.717, 1.165) is 31.3 Å². The molecule has 2 bridgehead atoms. The molecule has 8 nitrogen and oxygen atoms in total. The topological polar surface area (TPSA) is 90.7 Å². The fourth-order valence-corrected chi connectivity index (χ4v) is 4.57. The summed E-state index contributed by atoms with van der Waals surface area (Å²) in [6.07, 6.45) is 4.82. The van der Waals surface area contributed by atoms with E-state index in [0.29, 0.717) is 42.2 Å². The standard InChI is InChI=1S/C20H25N5O3/c1-24-4-6-25(7-5-24)20(27)17-9-12-8-16(21-11-18(12)28-17)19(26)23-15-10-13-2-3-14(15)22-13/h8-9,11,13-15,22H,2-7,10H2,1H3,(H,23,26)/t13-,14+,15-/m1/s1. The van der Waals surface area contributed by atoms with Crippen LogP contribution >= 0.6 is 0 Å². The van der Waals surface area contributed by atoms with Crippen LogP contribution in [0.2, 0.25) is 0 Å². The highest BCUT2D eigenvalue weighted by atomic mass is 16.3. The molecular weight excluding hydrogens is 358 g/mol. The molecule has 0 spiro atoms. The van der Waals surface area contributed by atoms with E-state index in [4.69, 9.17) is 4.42 Å². The second-order valence-corrected chi connectivity index (χ2v) is 8.18. The SMILES string of the molecule is CN1CCN(C(=O)c2cc3cc(C(=O)N[C@@H]4C[C@H]5CC[C@@H]4N5)ncc3o2)CC1. The summed E-state index contributed by atoms with van der Waals surface area (Å²) >= 11 is 0. The van der Waals surface area contributed by atoms with Gasteiger partial charge in [-0.05, 0) is 38.4 Å². The zero-order valence-electron chi connectivity index (χ0n) is 16.0. The van der Waals surface area contributed by atoms with Gasteiger partial charge < -0.3 is 24.9 Å². The summed E-state index contributed by atoms with van der Waals surface area (Å²) in [6.45, 7) is 3.09. The maximum Gasteiger partial charge on any atom is 0.289 e. The van der Waals surface area contributed by atoms with Gasteiger partial charge in [-0.15, -0.1) is 0 Å². The van der Waals surface area contributed by atoms with Gasteiger partial charge in [0.25, 0.3) is 11.8 Å². The Bertz CT molecular complexity index is 918. The van der Waals surface area contributed by atoms with Crippen LogP contribution in [0.4, 0.5) is 0 Å². The molecule has 2 amide bonds. The molecule has 28 heavy (non-hydrogen) atoms. The number of aromatic nitrogens is 1. The van der Waals surface area contributed by atoms with E-state index < -0.39 is 0 Å². The molecule has 0 unspecified atom stereocenters. The largest absolute Gasteiger partial charge is 0.449 e. The number of rotatable bonds is 3. The minimum atomic E-state index is -0.172. The van der Waals surface area contributed by atoms with Crippen molar-refractivity contribution < 1.29 is 14.0 Å². The number of furan rings is 1. The molecule has 3 aliphatic rings. The van der Waals surface area contributed by atoms with Crippen LogP contribution in [-0.2, 0) is 0 Å². The van der Waals surface area contributed by atoms with Crippen LogP contribution < -0.4 is 10.6 Å². The highest BCUT2D eigenvalue weighted by Gasteiger charge is 2.39. The number of nitrogens with zero attached hydrogens (tertiary/aromatic N) is 3. The van der Waals surface area contributed by atoms with Crippen LogP contribution in [-0.4, -0.2) is 78.0 Å². The molecule has 8 heteroatoms. The molecule has 2 aromatic heterocycles. The Morgan fingerprint density at radius 3 is 2.75 bits per heavy atom. The number of nitrogens with one attached hydrogen (secondary N) is 2. The zero-order valence-corrected chi connectivity index (χ0v) is 16.0. The molecule has 5 heterocycles. The van der Waals surface area contributed by atoms with Crippen molar-refractivity contribution in [1.82, 2.24) is 25.4 Å². The van der Waals surface area contributed by atoms with E-state index in [9.17, 15) is 9.59 Å². The summed E-state index contributed by atoms with van der Waals surface area (Å²) in [7, 11) is 2.05. The molecule has 0 saturated carbocycles. The first-order chi connectivity index (χ1) is 13.6. The molecule has 5 rings (SSSR count). The Morgan fingerprint density at radius 1 is 1.21 bits per heavy atom. The third kappa shape index (κ3) is 3.16. The molecule has 3 atom stereocenters. The van der Waals surface area contributed by atoms with Gasteiger partial charge in [0.05, 0.1) is 6.20 Å². The minimum absolute atomic E-state index is 0.108. The van der Waals surface area contributed by atoms with Gasteiger partial charge >= 0.3 is 0 Å². The Morgan fingerprint density at radius 2 is 2.04 bits per heavy atom. The highest BCUT2D eigenvalue weighted by molar-refractivity contribution is 5.99. The van der Waals surface area contributed by atoms with E-state index in [-0.39, 0.29) is 17.9 Å². The third-order valence-electron chi connectivity index (χ3n) is 6.25. The first kappa shape index (κ1) is 17.6. The van der Waals surface area contributed by atoms with E-state index in [2.05, 4.69) is 20.5 Å². The van der Waals surface area contributed by atoms with Gasteiger partial charge in [-0.3, -0.25) is 9.59 Å². The number of hydrogen-bond donors (Lipinski definition) is 2. The molecule has 2 aromatic rings. The van der Waals surface area contributed by atoms with Crippen LogP contribution in [0.5, 0.6) is 0 Å². The molecule has 3 saturated heterocycles. The predicted octanol–water partition coefficient (Wildman–Crippen LogP) is 0.838. The molecule has 3 aliphatic heterocycles. The van der Waals surface area contributed by atoms with Gasteiger partial charge in [0.1, 0.15) is 5.69 Å². The molecule has 0 aliphatic carbocycles. The first-order valence-electron chi connectivity index (χ1n) is 10.0. The van der Waals surface area contributed by atoms with Gasteiger partial charge in [-0.2, -0.15) is 0 Å². The number of piperazine rings is 1.